The van der Waals surface area contributed by atoms with Gasteiger partial charge in [0.25, 0.3) is 5.91 Å². The molecule has 1 aromatic carbocycles. The van der Waals surface area contributed by atoms with Crippen LogP contribution in [0.15, 0.2) is 29.4 Å². The van der Waals surface area contributed by atoms with Crippen molar-refractivity contribution in [2.75, 3.05) is 6.54 Å². The first kappa shape index (κ1) is 17.2. The van der Waals surface area contributed by atoms with Crippen LogP contribution >= 0.6 is 11.6 Å². The van der Waals surface area contributed by atoms with Crippen molar-refractivity contribution in [3.63, 3.8) is 0 Å². The fraction of sp³-hybridized carbons (Fsp3) is 0.526. The molecule has 0 aromatic heterocycles. The summed E-state index contributed by atoms with van der Waals surface area (Å²) in [6.07, 6.45) is 5.70. The summed E-state index contributed by atoms with van der Waals surface area (Å²) in [6.45, 7) is 3.88. The topological polar surface area (TPSA) is 49.7 Å². The van der Waals surface area contributed by atoms with Gasteiger partial charge in [0.1, 0.15) is 6.54 Å². The Hall–Kier alpha value is -1.68. The zero-order valence-electron chi connectivity index (χ0n) is 14.2. The van der Waals surface area contributed by atoms with Gasteiger partial charge >= 0.3 is 0 Å². The molecule has 1 amide bonds. The van der Waals surface area contributed by atoms with Crippen molar-refractivity contribution < 1.29 is 9.59 Å². The molecule has 1 aliphatic carbocycles. The summed E-state index contributed by atoms with van der Waals surface area (Å²) in [5, 5.41) is 6.30. The quantitative estimate of drug-likeness (QED) is 0.762. The second kappa shape index (κ2) is 6.67. The molecule has 1 heterocycles. The van der Waals surface area contributed by atoms with Gasteiger partial charge in [0.2, 0.25) is 0 Å². The van der Waals surface area contributed by atoms with Gasteiger partial charge in [-0.25, -0.2) is 5.01 Å². The molecule has 1 saturated carbocycles. The van der Waals surface area contributed by atoms with Gasteiger partial charge in [0, 0.05) is 10.6 Å². The lowest BCUT2D eigenvalue weighted by Gasteiger charge is -2.35. The molecule has 5 heteroatoms. The predicted molar refractivity (Wildman–Crippen MR) is 95.3 cm³/mol. The first-order valence-corrected chi connectivity index (χ1v) is 8.97. The first-order valence-electron chi connectivity index (χ1n) is 8.59. The number of Topliss-reactive ketones (excluding diaryl/α,β-unsaturated/α-hetero) is 1. The minimum Gasteiger partial charge on any atom is -0.292 e. The van der Waals surface area contributed by atoms with E-state index in [1.807, 2.05) is 13.8 Å². The molecule has 0 spiro atoms. The van der Waals surface area contributed by atoms with Crippen LogP contribution in [0.2, 0.25) is 5.02 Å². The van der Waals surface area contributed by atoms with Gasteiger partial charge in [-0.2, -0.15) is 5.10 Å². The Kier molecular flexibility index (Phi) is 4.77. The van der Waals surface area contributed by atoms with Gasteiger partial charge in [-0.1, -0.05) is 43.0 Å². The largest absolute Gasteiger partial charge is 0.292 e. The van der Waals surface area contributed by atoms with E-state index in [2.05, 4.69) is 5.10 Å². The van der Waals surface area contributed by atoms with Crippen molar-refractivity contribution in [1.82, 2.24) is 5.01 Å². The minimum absolute atomic E-state index is 0.0289. The summed E-state index contributed by atoms with van der Waals surface area (Å²) >= 11 is 5.94. The lowest BCUT2D eigenvalue weighted by molar-refractivity contribution is -0.137. The Balaban J connectivity index is 1.76. The molecule has 0 saturated heterocycles. The van der Waals surface area contributed by atoms with E-state index in [0.29, 0.717) is 16.5 Å². The molecule has 24 heavy (non-hydrogen) atoms. The average molecular weight is 347 g/mol. The van der Waals surface area contributed by atoms with E-state index in [1.54, 1.807) is 24.3 Å². The van der Waals surface area contributed by atoms with Crippen LogP contribution in [0.3, 0.4) is 0 Å². The van der Waals surface area contributed by atoms with Crippen LogP contribution in [0.1, 0.15) is 56.3 Å². The SMILES string of the molecule is CC1=NN(CC(=O)c2cccc(Cl)c2)C(=O)C1(C)C1CCCCC1. The Bertz CT molecular complexity index is 694. The van der Waals surface area contributed by atoms with Gasteiger partial charge in [0.15, 0.2) is 5.78 Å². The van der Waals surface area contributed by atoms with Crippen molar-refractivity contribution in [3.05, 3.63) is 34.9 Å². The molecule has 2 aliphatic rings. The molecule has 1 atom stereocenters. The van der Waals surface area contributed by atoms with Crippen molar-refractivity contribution in [2.45, 2.75) is 46.0 Å². The third-order valence-corrected chi connectivity index (χ3v) is 5.80. The summed E-state index contributed by atoms with van der Waals surface area (Å²) < 4.78 is 0. The third-order valence-electron chi connectivity index (χ3n) is 5.56. The predicted octanol–water partition coefficient (Wildman–Crippen LogP) is 4.33. The van der Waals surface area contributed by atoms with Gasteiger partial charge in [-0.3, -0.25) is 9.59 Å². The van der Waals surface area contributed by atoms with Crippen molar-refractivity contribution in [2.24, 2.45) is 16.4 Å². The van der Waals surface area contributed by atoms with Crippen molar-refractivity contribution >= 4 is 29.0 Å². The first-order chi connectivity index (χ1) is 11.4. The van der Waals surface area contributed by atoms with Gasteiger partial charge in [-0.05, 0) is 44.7 Å². The van der Waals surface area contributed by atoms with E-state index in [9.17, 15) is 9.59 Å². The number of carbonyl (C=O) groups excluding carboxylic acids is 2. The van der Waals surface area contributed by atoms with Crippen molar-refractivity contribution in [1.29, 1.82) is 0 Å². The number of benzene rings is 1. The number of nitrogens with zero attached hydrogens (tertiary/aromatic N) is 2. The van der Waals surface area contributed by atoms with Crippen molar-refractivity contribution in [3.8, 4) is 0 Å². The molecule has 1 aromatic rings. The molecule has 0 N–H and O–H groups in total. The van der Waals surface area contributed by atoms with Gasteiger partial charge in [0.05, 0.1) is 11.1 Å². The molecule has 3 rings (SSSR count). The van der Waals surface area contributed by atoms with Gasteiger partial charge in [-0.15, -0.1) is 0 Å². The van der Waals surface area contributed by atoms with E-state index >= 15 is 0 Å². The molecular formula is C19H23ClN2O2. The zero-order chi connectivity index (χ0) is 17.3. The maximum atomic E-state index is 13.0. The summed E-state index contributed by atoms with van der Waals surface area (Å²) in [6, 6.07) is 6.80. The second-order valence-electron chi connectivity index (χ2n) is 7.02. The van der Waals surface area contributed by atoms with E-state index in [4.69, 9.17) is 11.6 Å². The number of halogens is 1. The van der Waals surface area contributed by atoms with Crippen LogP contribution in [0.4, 0.5) is 0 Å². The van der Waals surface area contributed by atoms with Crippen LogP contribution in [0.5, 0.6) is 0 Å². The van der Waals surface area contributed by atoms with E-state index < -0.39 is 5.41 Å². The number of amides is 1. The van der Waals surface area contributed by atoms with E-state index in [0.717, 1.165) is 18.6 Å². The number of rotatable bonds is 4. The zero-order valence-corrected chi connectivity index (χ0v) is 15.0. The Morgan fingerprint density at radius 2 is 2.04 bits per heavy atom. The van der Waals surface area contributed by atoms with Gasteiger partial charge < -0.3 is 0 Å². The Morgan fingerprint density at radius 1 is 1.33 bits per heavy atom. The van der Waals surface area contributed by atoms with Crippen LogP contribution in [0, 0.1) is 11.3 Å². The molecule has 0 bridgehead atoms. The van der Waals surface area contributed by atoms with E-state index in [-0.39, 0.29) is 18.2 Å². The summed E-state index contributed by atoms with van der Waals surface area (Å²) in [5.74, 6) is 0.145. The molecular weight excluding hydrogens is 324 g/mol. The van der Waals surface area contributed by atoms with Crippen LogP contribution in [-0.2, 0) is 4.79 Å². The fourth-order valence-corrected chi connectivity index (χ4v) is 4.09. The number of carbonyl (C=O) groups is 2. The Morgan fingerprint density at radius 3 is 2.71 bits per heavy atom. The average Bonchev–Trinajstić information content (AvgIpc) is 2.80. The number of hydrogen-bond donors (Lipinski definition) is 0. The van der Waals surface area contributed by atoms with Crippen LogP contribution < -0.4 is 0 Å². The molecule has 4 nitrogen and oxygen atoms in total. The fourth-order valence-electron chi connectivity index (χ4n) is 3.90. The minimum atomic E-state index is -0.560. The highest BCUT2D eigenvalue weighted by atomic mass is 35.5. The summed E-state index contributed by atoms with van der Waals surface area (Å²) in [4.78, 5) is 25.5. The monoisotopic (exact) mass is 346 g/mol. The molecule has 1 fully saturated rings. The normalized spacial score (nSPS) is 25.0. The smallest absolute Gasteiger partial charge is 0.255 e. The number of ketones is 1. The van der Waals surface area contributed by atoms with E-state index in [1.165, 1.54) is 24.3 Å². The molecule has 1 unspecified atom stereocenters. The second-order valence-corrected chi connectivity index (χ2v) is 7.46. The molecule has 128 valence electrons. The summed E-state index contributed by atoms with van der Waals surface area (Å²) in [7, 11) is 0. The summed E-state index contributed by atoms with van der Waals surface area (Å²) in [5.41, 5.74) is 0.780. The molecule has 1 aliphatic heterocycles. The maximum absolute atomic E-state index is 13.0. The highest BCUT2D eigenvalue weighted by Crippen LogP contribution is 2.43. The number of hydrogen-bond acceptors (Lipinski definition) is 3. The van der Waals surface area contributed by atoms with Crippen LogP contribution in [0.25, 0.3) is 0 Å². The molecule has 0 radical (unpaired) electrons. The highest BCUT2D eigenvalue weighted by Gasteiger charge is 2.50. The maximum Gasteiger partial charge on any atom is 0.255 e. The standard InChI is InChI=1S/C19H23ClN2O2/c1-13-19(2,15-8-4-3-5-9-15)18(24)22(21-13)12-17(23)14-7-6-10-16(20)11-14/h6-7,10-11,15H,3-5,8-9,12H2,1-2H3. The lowest BCUT2D eigenvalue weighted by Crippen LogP contribution is -2.44. The lowest BCUT2D eigenvalue weighted by atomic mass is 9.67. The van der Waals surface area contributed by atoms with Crippen LogP contribution in [-0.4, -0.2) is 29.0 Å². The highest BCUT2D eigenvalue weighted by molar-refractivity contribution is 6.31. The number of hydrazone groups is 1. The third kappa shape index (κ3) is 3.00. The Labute approximate surface area is 147 Å².